The van der Waals surface area contributed by atoms with Crippen molar-refractivity contribution in [2.75, 3.05) is 105 Å². The van der Waals surface area contributed by atoms with E-state index in [-0.39, 0.29) is 154 Å². The molecule has 0 rings (SSSR count). The molecule has 0 spiro atoms. The van der Waals surface area contributed by atoms with Gasteiger partial charge in [0, 0.05) is 51.3 Å². The van der Waals surface area contributed by atoms with Crippen LogP contribution in [0.1, 0.15) is 151 Å². The molecule has 0 aliphatic carbocycles. The van der Waals surface area contributed by atoms with E-state index in [1.54, 1.807) is 27.7 Å². The number of aliphatic hydroxyl groups excluding tert-OH is 2. The van der Waals surface area contributed by atoms with Crippen LogP contribution < -0.4 is 16.0 Å². The van der Waals surface area contributed by atoms with Crippen LogP contribution in [0.25, 0.3) is 0 Å². The molecule has 8 N–H and O–H groups in total. The van der Waals surface area contributed by atoms with Crippen molar-refractivity contribution < 1.29 is 116 Å². The molecular formula is C59H101N3O24. The highest BCUT2D eigenvalue weighted by atomic mass is 16.6. The van der Waals surface area contributed by atoms with Crippen molar-refractivity contribution in [3.05, 3.63) is 0 Å². The highest BCUT2D eigenvalue weighted by Gasteiger charge is 2.37. The molecule has 0 aliphatic rings. The van der Waals surface area contributed by atoms with Crippen LogP contribution in [0.15, 0.2) is 0 Å². The molecule has 0 heterocycles. The van der Waals surface area contributed by atoms with Crippen molar-refractivity contribution in [3.8, 4) is 0 Å². The lowest BCUT2D eigenvalue weighted by Crippen LogP contribution is -2.36. The van der Waals surface area contributed by atoms with Crippen molar-refractivity contribution in [2.24, 2.45) is 52.8 Å². The quantitative estimate of drug-likeness (QED) is 0.0245. The Bertz CT molecular complexity index is 1970. The largest absolute Gasteiger partial charge is 0.481 e. The molecule has 0 amide bonds. The van der Waals surface area contributed by atoms with Gasteiger partial charge in [0.05, 0.1) is 86.4 Å². The molecule has 27 heteroatoms. The molecule has 0 aliphatic heterocycles. The van der Waals surface area contributed by atoms with Crippen molar-refractivity contribution in [1.82, 2.24) is 16.0 Å². The van der Waals surface area contributed by atoms with Gasteiger partial charge in [-0.15, -0.1) is 0 Å². The molecular weight excluding hydrogens is 1130 g/mol. The lowest BCUT2D eigenvalue weighted by Gasteiger charge is -2.31. The first kappa shape index (κ1) is 80.0. The van der Waals surface area contributed by atoms with Crippen LogP contribution >= 0.6 is 0 Å². The van der Waals surface area contributed by atoms with Crippen molar-refractivity contribution in [1.29, 1.82) is 0 Å². The van der Waals surface area contributed by atoms with Gasteiger partial charge in [0.25, 0.3) is 0 Å². The van der Waals surface area contributed by atoms with Gasteiger partial charge < -0.3 is 79.4 Å². The first-order valence-corrected chi connectivity index (χ1v) is 30.3. The van der Waals surface area contributed by atoms with Gasteiger partial charge in [-0.3, -0.25) is 52.7 Å². The second-order valence-corrected chi connectivity index (χ2v) is 21.6. The number of unbranched alkanes of at least 4 members (excludes halogenated alkanes) is 1. The normalized spacial score (nSPS) is 14.7. The fourth-order valence-corrected chi connectivity index (χ4v) is 8.38. The van der Waals surface area contributed by atoms with Crippen LogP contribution in [0.4, 0.5) is 0 Å². The number of carboxylic acid groups (broad SMARTS) is 3. The molecule has 0 saturated heterocycles. The maximum Gasteiger partial charge on any atom is 0.309 e. The zero-order valence-electron chi connectivity index (χ0n) is 51.7. The van der Waals surface area contributed by atoms with Crippen molar-refractivity contribution in [3.63, 3.8) is 0 Å². The van der Waals surface area contributed by atoms with E-state index in [1.807, 2.05) is 20.8 Å². The number of aliphatic carboxylic acids is 3. The number of rotatable bonds is 54. The zero-order chi connectivity index (χ0) is 64.9. The third-order valence-electron chi connectivity index (χ3n) is 14.8. The first-order chi connectivity index (χ1) is 40.9. The van der Waals surface area contributed by atoms with E-state index >= 15 is 0 Å². The third-order valence-corrected chi connectivity index (χ3v) is 14.8. The number of carbonyl (C=O) groups is 11. The minimum atomic E-state index is -1.54. The van der Waals surface area contributed by atoms with E-state index < -0.39 is 127 Å². The topological polar surface area (TPSA) is 399 Å². The minimum Gasteiger partial charge on any atom is -0.481 e. The Labute approximate surface area is 505 Å². The number of carboxylic acids is 3. The monoisotopic (exact) mass is 1240 g/mol. The molecule has 86 heavy (non-hydrogen) atoms. The van der Waals surface area contributed by atoms with Crippen LogP contribution in [-0.4, -0.2) is 197 Å². The Balaban J connectivity index is 5.48. The summed E-state index contributed by atoms with van der Waals surface area (Å²) < 4.78 is 42.8. The average molecular weight is 1240 g/mol. The van der Waals surface area contributed by atoms with Gasteiger partial charge in [0.1, 0.15) is 39.6 Å². The maximum atomic E-state index is 13.2. The fourth-order valence-electron chi connectivity index (χ4n) is 8.38. The molecule has 8 atom stereocenters. The number of carbonyl (C=O) groups excluding carboxylic acids is 8. The van der Waals surface area contributed by atoms with Gasteiger partial charge in [-0.1, -0.05) is 48.5 Å². The summed E-state index contributed by atoms with van der Waals surface area (Å²) in [5.74, 6) is -16.6. The first-order valence-electron chi connectivity index (χ1n) is 30.3. The van der Waals surface area contributed by atoms with E-state index in [0.717, 1.165) is 0 Å². The molecule has 8 unspecified atom stereocenters. The SMILES string of the molecule is CCC(C)C(=O)OCCNCCC(=O)OCC(CC)(CCOC(=O)CCNCCOC(=O)C(CC)CC(CC(CC(CC(CCC(C)C(=O)OCCCCO)C(=O)OCCO)C(=O)O)C(=O)O)C(=O)O)COC(=O)CCNCCOC(=O)C(C)CC. The van der Waals surface area contributed by atoms with Crippen LogP contribution in [0, 0.1) is 52.8 Å². The summed E-state index contributed by atoms with van der Waals surface area (Å²) in [5.41, 5.74) is -0.932. The number of aliphatic hydroxyl groups is 2. The number of hydrogen-bond acceptors (Lipinski definition) is 24. The Morgan fingerprint density at radius 3 is 1.17 bits per heavy atom. The average Bonchev–Trinajstić information content (AvgIpc) is 3.15. The van der Waals surface area contributed by atoms with Crippen molar-refractivity contribution >= 4 is 65.7 Å². The fraction of sp³-hybridized carbons (Fsp3) is 0.814. The van der Waals surface area contributed by atoms with Crippen LogP contribution in [-0.2, 0) is 90.6 Å². The highest BCUT2D eigenvalue weighted by Crippen LogP contribution is 2.32. The maximum absolute atomic E-state index is 13.2. The minimum absolute atomic E-state index is 0.00438. The summed E-state index contributed by atoms with van der Waals surface area (Å²) in [6.45, 7) is 12.4. The van der Waals surface area contributed by atoms with Gasteiger partial charge in [-0.05, 0) is 83.5 Å². The van der Waals surface area contributed by atoms with Crippen molar-refractivity contribution in [2.45, 2.75) is 151 Å². The standard InChI is InChI=1S/C59H101N3O24/c1-8-40(5)54(74)81-30-23-61-21-17-49(66)85-38-59(11-4,39-86-50(67)18-22-62-24-31-82-55(75)41(6)9-2)19-29-79-48(65)16-20-60-25-32-83-57(77)43(10-3)34-45(51(68)69)36-47(53(72)73)37-46(52(70)71)35-44(58(78)84-33-27-64)15-14-42(7)56(76)80-28-13-12-26-63/h40-47,60-64H,8-39H2,1-7H3,(H,68,69)(H,70,71)(H,72,73). The van der Waals surface area contributed by atoms with Gasteiger partial charge in [-0.25, -0.2) is 0 Å². The molecule has 0 saturated carbocycles. The molecule has 0 bridgehead atoms. The summed E-state index contributed by atoms with van der Waals surface area (Å²) in [5, 5.41) is 57.7. The predicted octanol–water partition coefficient (Wildman–Crippen LogP) is 3.64. The molecule has 0 fully saturated rings. The van der Waals surface area contributed by atoms with Gasteiger partial charge in [0.2, 0.25) is 0 Å². The third kappa shape index (κ3) is 36.8. The molecule has 0 aromatic carbocycles. The summed E-state index contributed by atoms with van der Waals surface area (Å²) >= 11 is 0. The number of esters is 8. The van der Waals surface area contributed by atoms with Gasteiger partial charge in [-0.2, -0.15) is 0 Å². The Hall–Kier alpha value is -6.03. The lowest BCUT2D eigenvalue weighted by atomic mass is 9.79. The van der Waals surface area contributed by atoms with Crippen LogP contribution in [0.3, 0.4) is 0 Å². The van der Waals surface area contributed by atoms with E-state index in [4.69, 9.17) is 43.0 Å². The second-order valence-electron chi connectivity index (χ2n) is 21.6. The number of hydrogen-bond donors (Lipinski definition) is 8. The van der Waals surface area contributed by atoms with E-state index in [9.17, 15) is 73.2 Å². The Morgan fingerprint density at radius 2 is 0.767 bits per heavy atom. The number of nitrogens with one attached hydrogen (secondary N) is 3. The molecule has 0 aromatic heterocycles. The number of ether oxygens (including phenoxy) is 8. The van der Waals surface area contributed by atoms with E-state index in [2.05, 4.69) is 16.0 Å². The van der Waals surface area contributed by atoms with Crippen LogP contribution in [0.5, 0.6) is 0 Å². The highest BCUT2D eigenvalue weighted by molar-refractivity contribution is 5.79. The molecule has 0 radical (unpaired) electrons. The predicted molar refractivity (Wildman–Crippen MR) is 307 cm³/mol. The van der Waals surface area contributed by atoms with Crippen LogP contribution in [0.2, 0.25) is 0 Å². The molecule has 27 nitrogen and oxygen atoms in total. The summed E-state index contributed by atoms with van der Waals surface area (Å²) in [6.07, 6.45) is 0.777. The zero-order valence-corrected chi connectivity index (χ0v) is 51.7. The summed E-state index contributed by atoms with van der Waals surface area (Å²) in [4.78, 5) is 139. The molecule has 496 valence electrons. The Kier molecular flexibility index (Phi) is 44.7. The van der Waals surface area contributed by atoms with Gasteiger partial charge in [0.15, 0.2) is 0 Å². The van der Waals surface area contributed by atoms with Gasteiger partial charge >= 0.3 is 65.7 Å². The van der Waals surface area contributed by atoms with E-state index in [1.165, 1.54) is 0 Å². The Morgan fingerprint density at radius 1 is 0.384 bits per heavy atom. The van der Waals surface area contributed by atoms with E-state index in [0.29, 0.717) is 45.2 Å². The summed E-state index contributed by atoms with van der Waals surface area (Å²) in [7, 11) is 0. The second kappa shape index (κ2) is 48.0. The summed E-state index contributed by atoms with van der Waals surface area (Å²) in [6, 6.07) is 0. The molecule has 0 aromatic rings. The lowest BCUT2D eigenvalue weighted by molar-refractivity contribution is -0.158. The smallest absolute Gasteiger partial charge is 0.309 e.